The summed E-state index contributed by atoms with van der Waals surface area (Å²) >= 11 is 2.44. The Morgan fingerprint density at radius 3 is 2.26 bits per heavy atom. The zero-order chi connectivity index (χ0) is 16.9. The second-order valence-corrected chi connectivity index (χ2v) is 10.7. The molecule has 0 heterocycles. The minimum Gasteiger partial charge on any atom is -1.00 e. The first-order valence-corrected chi connectivity index (χ1v) is 12.1. The van der Waals surface area contributed by atoms with Gasteiger partial charge >= 0.3 is 163 Å². The monoisotopic (exact) mass is 476 g/mol. The van der Waals surface area contributed by atoms with Crippen LogP contribution in [0.2, 0.25) is 0 Å². The normalized spacial score (nSPS) is 19.0. The molecule has 27 heavy (non-hydrogen) atoms. The molecule has 0 radical (unpaired) electrons. The van der Waals surface area contributed by atoms with Gasteiger partial charge in [-0.1, -0.05) is 0 Å². The fourth-order valence-electron chi connectivity index (χ4n) is 4.52. The predicted octanol–water partition coefficient (Wildman–Crippen LogP) is -4.03. The molecule has 1 atom stereocenters. The molecule has 0 bridgehead atoms. The third-order valence-corrected chi connectivity index (χ3v) is 8.97. The quantitative estimate of drug-likeness (QED) is 0.366. The van der Waals surface area contributed by atoms with Gasteiger partial charge in [-0.2, -0.15) is 0 Å². The van der Waals surface area contributed by atoms with E-state index in [9.17, 15) is 0 Å². The van der Waals surface area contributed by atoms with Crippen molar-refractivity contribution >= 4 is 14.7 Å². The number of rotatable bonds is 6. The van der Waals surface area contributed by atoms with Gasteiger partial charge in [0.25, 0.3) is 0 Å². The second-order valence-electron chi connectivity index (χ2n) is 7.85. The summed E-state index contributed by atoms with van der Waals surface area (Å²) in [5, 5.41) is 3.46. The topological polar surface area (TPSA) is 0 Å². The third-order valence-electron chi connectivity index (χ3n) is 6.06. The van der Waals surface area contributed by atoms with Crippen molar-refractivity contribution in [2.75, 3.05) is 0 Å². The van der Waals surface area contributed by atoms with E-state index in [0.717, 1.165) is 11.8 Å². The Bertz CT molecular complexity index is 622. The van der Waals surface area contributed by atoms with E-state index < -0.39 is 0 Å². The smallest absolute Gasteiger partial charge is 1.00 e. The molecule has 1 unspecified atom stereocenters. The van der Waals surface area contributed by atoms with E-state index in [0.29, 0.717) is 0 Å². The Morgan fingerprint density at radius 1 is 1.04 bits per heavy atom. The van der Waals surface area contributed by atoms with Crippen molar-refractivity contribution in [2.24, 2.45) is 11.8 Å². The van der Waals surface area contributed by atoms with Crippen LogP contribution in [0, 0.1) is 11.8 Å². The zero-order valence-electron chi connectivity index (χ0n) is 16.5. The van der Waals surface area contributed by atoms with Crippen LogP contribution < -0.4 is 42.4 Å². The Hall–Kier alpha value is 0.501. The van der Waals surface area contributed by atoms with Gasteiger partial charge in [0.1, 0.15) is 0 Å². The van der Waals surface area contributed by atoms with Crippen molar-refractivity contribution in [1.29, 1.82) is 0 Å². The summed E-state index contributed by atoms with van der Waals surface area (Å²) in [6.07, 6.45) is 11.3. The molecule has 0 spiro atoms. The van der Waals surface area contributed by atoms with Crippen LogP contribution in [0.4, 0.5) is 0 Å². The minimum absolute atomic E-state index is 0. The van der Waals surface area contributed by atoms with Crippen molar-refractivity contribution in [1.82, 2.24) is 0 Å². The number of hydrogen-bond acceptors (Lipinski definition) is 0. The molecule has 5 heteroatoms. The van der Waals surface area contributed by atoms with Gasteiger partial charge in [0.15, 0.2) is 0 Å². The van der Waals surface area contributed by atoms with Gasteiger partial charge in [-0.05, 0) is 0 Å². The molecule has 3 rings (SSSR count). The van der Waals surface area contributed by atoms with Crippen LogP contribution >= 0.6 is 0 Å². The van der Waals surface area contributed by atoms with E-state index in [-0.39, 0.29) is 46.7 Å². The van der Waals surface area contributed by atoms with Crippen LogP contribution in [0.1, 0.15) is 65.2 Å². The van der Waals surface area contributed by atoms with Gasteiger partial charge in [0, 0.05) is 0 Å². The van der Waals surface area contributed by atoms with Gasteiger partial charge in [0.05, 0.1) is 0 Å². The standard InChI is InChI=1S/C22H31Si.3ClH.Ti/c1-3-17(2)21-15-19(14-18-10-6-4-7-11-18)16-22(21)23-20-12-8-5-9-13-20;;;;/h5,8-9,12-13,17-18H,3-4,6-7,10-11,14,16,23H2,1-2H3;3*1H;/q;;;;+3/p-3. The van der Waals surface area contributed by atoms with E-state index in [1.165, 1.54) is 51.4 Å². The van der Waals surface area contributed by atoms with Crippen LogP contribution in [0.25, 0.3) is 0 Å². The summed E-state index contributed by atoms with van der Waals surface area (Å²) in [4.78, 5) is 0. The average Bonchev–Trinajstić information content (AvgIpc) is 2.91. The van der Waals surface area contributed by atoms with Crippen molar-refractivity contribution in [3.8, 4) is 0 Å². The zero-order valence-corrected chi connectivity index (χ0v) is 21.8. The largest absolute Gasteiger partial charge is 1.00 e. The summed E-state index contributed by atoms with van der Waals surface area (Å²) in [6, 6.07) is 11.3. The van der Waals surface area contributed by atoms with E-state index >= 15 is 0 Å². The van der Waals surface area contributed by atoms with Gasteiger partial charge in [-0.3, -0.25) is 0 Å². The molecule has 0 nitrogen and oxygen atoms in total. The maximum Gasteiger partial charge on any atom is -1.00 e. The van der Waals surface area contributed by atoms with Crippen LogP contribution in [0.15, 0.2) is 50.6 Å². The molecule has 1 aromatic carbocycles. The summed E-state index contributed by atoms with van der Waals surface area (Å²) in [6.45, 7) is 4.80. The molecular weight excluding hydrogens is 447 g/mol. The van der Waals surface area contributed by atoms with Gasteiger partial charge in [-0.25, -0.2) is 0 Å². The van der Waals surface area contributed by atoms with Gasteiger partial charge in [0.2, 0.25) is 0 Å². The van der Waals surface area contributed by atoms with Crippen LogP contribution in [0.3, 0.4) is 0 Å². The average molecular weight is 478 g/mol. The molecule has 0 saturated heterocycles. The maximum atomic E-state index is 2.45. The molecule has 148 valence electrons. The molecule has 2 aliphatic carbocycles. The van der Waals surface area contributed by atoms with E-state index in [1.54, 1.807) is 20.2 Å². The van der Waals surface area contributed by atoms with Gasteiger partial charge < -0.3 is 37.2 Å². The molecular formula is C22H31Cl3SiTi. The fraction of sp³-hybridized carbons (Fsp3) is 0.545. The molecule has 0 aromatic heterocycles. The first-order chi connectivity index (χ1) is 11.7. The third kappa shape index (κ3) is 7.36. The molecule has 2 aliphatic rings. The van der Waals surface area contributed by atoms with Gasteiger partial charge in [-0.15, -0.1) is 0 Å². The van der Waals surface area contributed by atoms with Crippen molar-refractivity contribution in [3.05, 3.63) is 50.6 Å². The SMILES string of the molecule is CCC(C)C1=C([SiH2]c2ccccc2)CC(CC2CCCCC2)=[C]1[Ti+3].[Cl-].[Cl-].[Cl-]. The summed E-state index contributed by atoms with van der Waals surface area (Å²) in [7, 11) is -0.298. The molecule has 0 amide bonds. The molecule has 0 N–H and O–H groups in total. The molecule has 1 fully saturated rings. The Kier molecular flexibility index (Phi) is 13.9. The first kappa shape index (κ1) is 27.5. The summed E-state index contributed by atoms with van der Waals surface area (Å²) < 4.78 is 1.69. The fourth-order valence-corrected chi connectivity index (χ4v) is 7.90. The van der Waals surface area contributed by atoms with Crippen molar-refractivity contribution in [3.63, 3.8) is 0 Å². The number of benzene rings is 1. The molecule has 1 aromatic rings. The number of allylic oxidation sites excluding steroid dienone is 4. The van der Waals surface area contributed by atoms with Crippen molar-refractivity contribution < 1.29 is 57.7 Å². The summed E-state index contributed by atoms with van der Waals surface area (Å²) in [5.74, 6) is 1.71. The van der Waals surface area contributed by atoms with Crippen LogP contribution in [-0.2, 0) is 20.4 Å². The maximum absolute atomic E-state index is 2.45. The summed E-state index contributed by atoms with van der Waals surface area (Å²) in [5.41, 5.74) is 3.56. The molecule has 1 saturated carbocycles. The second kappa shape index (κ2) is 13.7. The minimum atomic E-state index is -0.298. The van der Waals surface area contributed by atoms with Crippen LogP contribution in [-0.4, -0.2) is 9.52 Å². The van der Waals surface area contributed by atoms with E-state index in [1.807, 2.05) is 5.20 Å². The Balaban J connectivity index is 0.00000225. The van der Waals surface area contributed by atoms with E-state index in [2.05, 4.69) is 64.6 Å². The Labute approximate surface area is 198 Å². The molecule has 0 aliphatic heterocycles. The number of hydrogen-bond donors (Lipinski definition) is 0. The Morgan fingerprint density at radius 2 is 1.67 bits per heavy atom. The van der Waals surface area contributed by atoms with Crippen molar-refractivity contribution in [2.45, 2.75) is 65.2 Å². The first-order valence-electron chi connectivity index (χ1n) is 9.88. The van der Waals surface area contributed by atoms with E-state index in [4.69, 9.17) is 0 Å². The van der Waals surface area contributed by atoms with Crippen LogP contribution in [0.5, 0.6) is 0 Å². The number of halogens is 3. The predicted molar refractivity (Wildman–Crippen MR) is 104 cm³/mol.